The first-order chi connectivity index (χ1) is 14.8. The van der Waals surface area contributed by atoms with E-state index in [1.165, 1.54) is 42.1 Å². The van der Waals surface area contributed by atoms with E-state index in [1.54, 1.807) is 5.19 Å². The molecule has 0 saturated carbocycles. The molecule has 3 heteroatoms. The number of nitrogens with zero attached hydrogens (tertiary/aromatic N) is 1. The Kier molecular flexibility index (Phi) is 4.83. The first-order valence-electron chi connectivity index (χ1n) is 11.1. The van der Waals surface area contributed by atoms with E-state index >= 15 is 0 Å². The van der Waals surface area contributed by atoms with Gasteiger partial charge in [-0.3, -0.25) is 0 Å². The van der Waals surface area contributed by atoms with E-state index in [0.29, 0.717) is 0 Å². The monoisotopic (exact) mass is 481 g/mol. The second kappa shape index (κ2) is 7.32. The van der Waals surface area contributed by atoms with Crippen LogP contribution in [0.5, 0.6) is 0 Å². The number of hydrogen-bond acceptors (Lipinski definition) is 1. The molecule has 0 spiro atoms. The summed E-state index contributed by atoms with van der Waals surface area (Å²) in [6, 6.07) is 31.3. The van der Waals surface area contributed by atoms with Crippen LogP contribution in [-0.4, -0.2) is 25.9 Å². The zero-order valence-corrected chi connectivity index (χ0v) is 22.1. The quantitative estimate of drug-likeness (QED) is 0.292. The zero-order valence-electron chi connectivity index (χ0n) is 19.0. The molecule has 0 aliphatic carbocycles. The number of aliphatic imine (C=N–C) groups is 1. The first kappa shape index (κ1) is 20.5. The molecule has 1 nitrogen and oxygen atoms in total. The Hall–Kier alpha value is -2.43. The molecule has 0 bridgehead atoms. The summed E-state index contributed by atoms with van der Waals surface area (Å²) in [5, 5.41) is 4.30. The second-order valence-electron chi connectivity index (χ2n) is 10.1. The van der Waals surface area contributed by atoms with Crippen LogP contribution in [0.2, 0.25) is 31.2 Å². The number of benzene rings is 4. The fraction of sp³-hybridized carbons (Fsp3) is 0.179. The summed E-state index contributed by atoms with van der Waals surface area (Å²) in [4.78, 5) is 5.27. The molecule has 0 radical (unpaired) electrons. The Labute approximate surface area is 189 Å². The van der Waals surface area contributed by atoms with Gasteiger partial charge in [0.05, 0.1) is 0 Å². The van der Waals surface area contributed by atoms with Crippen molar-refractivity contribution < 1.29 is 0 Å². The van der Waals surface area contributed by atoms with Gasteiger partial charge < -0.3 is 0 Å². The van der Waals surface area contributed by atoms with Gasteiger partial charge in [-0.25, -0.2) is 0 Å². The molecule has 1 aliphatic rings. The van der Waals surface area contributed by atoms with E-state index < -0.39 is 21.3 Å². The summed E-state index contributed by atoms with van der Waals surface area (Å²) in [5.41, 5.74) is 5.16. The van der Waals surface area contributed by atoms with Gasteiger partial charge in [0.2, 0.25) is 0 Å². The summed E-state index contributed by atoms with van der Waals surface area (Å²) < 4.78 is 2.87. The van der Waals surface area contributed by atoms with Gasteiger partial charge in [-0.1, -0.05) is 0 Å². The summed E-state index contributed by atoms with van der Waals surface area (Å²) in [5.74, 6) is 5.01. The Bertz CT molecular complexity index is 1330. The molecule has 0 unspecified atom stereocenters. The van der Waals surface area contributed by atoms with Crippen molar-refractivity contribution in [3.63, 3.8) is 0 Å². The number of rotatable bonds is 3. The van der Waals surface area contributed by atoms with Crippen molar-refractivity contribution in [3.05, 3.63) is 90.5 Å². The molecule has 0 saturated heterocycles. The number of hydrogen-bond donors (Lipinski definition) is 0. The third-order valence-electron chi connectivity index (χ3n) is 6.54. The molecular weight excluding hydrogens is 451 g/mol. The van der Waals surface area contributed by atoms with Crippen LogP contribution in [0, 0.1) is 0 Å². The van der Waals surface area contributed by atoms with Crippen LogP contribution in [0.3, 0.4) is 0 Å². The second-order valence-corrected chi connectivity index (χ2v) is 24.0. The average molecular weight is 480 g/mol. The van der Waals surface area contributed by atoms with Crippen LogP contribution in [-0.2, 0) is 0 Å². The number of fused-ring (bicyclic) bond motifs is 2. The molecule has 4 aromatic rings. The van der Waals surface area contributed by atoms with Crippen molar-refractivity contribution in [1.82, 2.24) is 0 Å². The topological polar surface area (TPSA) is 12.4 Å². The molecule has 0 N–H and O–H groups in total. The fourth-order valence-electron chi connectivity index (χ4n) is 5.03. The third-order valence-corrected chi connectivity index (χ3v) is 15.6. The van der Waals surface area contributed by atoms with Gasteiger partial charge in [-0.05, 0) is 0 Å². The van der Waals surface area contributed by atoms with Gasteiger partial charge in [0.25, 0.3) is 0 Å². The fourth-order valence-corrected chi connectivity index (χ4v) is 13.3. The summed E-state index contributed by atoms with van der Waals surface area (Å²) in [6.07, 6.45) is 0. The van der Waals surface area contributed by atoms with E-state index in [0.717, 1.165) is 0 Å². The van der Waals surface area contributed by atoms with Crippen molar-refractivity contribution in [2.75, 3.05) is 0 Å². The molecule has 0 fully saturated rings. The molecule has 5 rings (SSSR count). The summed E-state index contributed by atoms with van der Waals surface area (Å²) >= 11 is -2.57. The van der Waals surface area contributed by atoms with Gasteiger partial charge >= 0.3 is 190 Å². The molecular formula is C28H29GeNSi. The minimum absolute atomic E-state index is 1.18. The van der Waals surface area contributed by atoms with E-state index in [1.807, 2.05) is 0 Å². The standard InChI is InChI=1S/C28H29GeNSi/c1-29(2)27-23(20-11-7-6-8-12-20)14-10-15-25(27)30-28(29)22-18-17-21-13-9-16-26(24(21)19-22)31(3,4)5/h6-19H,1-5H3. The van der Waals surface area contributed by atoms with Crippen LogP contribution in [0.15, 0.2) is 89.9 Å². The molecule has 0 aromatic heterocycles. The Balaban J connectivity index is 1.68. The summed E-state index contributed by atoms with van der Waals surface area (Å²) in [6.45, 7) is 7.31. The molecule has 1 aliphatic heterocycles. The maximum absolute atomic E-state index is 5.27. The van der Waals surface area contributed by atoms with Crippen LogP contribution in [0.4, 0.5) is 5.69 Å². The normalized spacial score (nSPS) is 15.1. The van der Waals surface area contributed by atoms with Crippen LogP contribution in [0.1, 0.15) is 5.56 Å². The van der Waals surface area contributed by atoms with Gasteiger partial charge in [-0.2, -0.15) is 0 Å². The van der Waals surface area contributed by atoms with Crippen molar-refractivity contribution in [2.45, 2.75) is 31.2 Å². The van der Waals surface area contributed by atoms with Crippen molar-refractivity contribution in [3.8, 4) is 11.1 Å². The van der Waals surface area contributed by atoms with Crippen LogP contribution >= 0.6 is 0 Å². The SMILES string of the molecule is C[Si](C)(C)c1cccc2ccc([C]3=Nc4cccc(-c5ccccc5)[c]4[Ge]3([CH3])[CH3])cc12. The van der Waals surface area contributed by atoms with E-state index in [4.69, 9.17) is 4.99 Å². The molecule has 154 valence electrons. The minimum atomic E-state index is -2.57. The molecule has 1 heterocycles. The van der Waals surface area contributed by atoms with Crippen LogP contribution < -0.4 is 9.58 Å². The Morgan fingerprint density at radius 2 is 1.45 bits per heavy atom. The van der Waals surface area contributed by atoms with E-state index in [9.17, 15) is 0 Å². The molecule has 4 aromatic carbocycles. The van der Waals surface area contributed by atoms with Crippen molar-refractivity contribution in [2.24, 2.45) is 4.99 Å². The Morgan fingerprint density at radius 1 is 0.710 bits per heavy atom. The molecule has 0 amide bonds. The third kappa shape index (κ3) is 3.42. The maximum atomic E-state index is 5.27. The summed E-state index contributed by atoms with van der Waals surface area (Å²) in [7, 11) is -1.44. The Morgan fingerprint density at radius 3 is 2.19 bits per heavy atom. The van der Waals surface area contributed by atoms with Gasteiger partial charge in [0.1, 0.15) is 0 Å². The average Bonchev–Trinajstić information content (AvgIpc) is 3.03. The van der Waals surface area contributed by atoms with Gasteiger partial charge in [0.15, 0.2) is 0 Å². The van der Waals surface area contributed by atoms with Crippen molar-refractivity contribution in [1.29, 1.82) is 0 Å². The first-order valence-corrected chi connectivity index (χ1v) is 20.9. The van der Waals surface area contributed by atoms with Crippen LogP contribution in [0.25, 0.3) is 21.9 Å². The van der Waals surface area contributed by atoms with Gasteiger partial charge in [-0.15, -0.1) is 0 Å². The van der Waals surface area contributed by atoms with Gasteiger partial charge in [0, 0.05) is 0 Å². The molecule has 0 atom stereocenters. The zero-order chi connectivity index (χ0) is 21.8. The predicted molar refractivity (Wildman–Crippen MR) is 142 cm³/mol. The predicted octanol–water partition coefficient (Wildman–Crippen LogP) is 6.64. The molecule has 31 heavy (non-hydrogen) atoms. The van der Waals surface area contributed by atoms with E-state index in [2.05, 4.69) is 116 Å². The van der Waals surface area contributed by atoms with E-state index in [-0.39, 0.29) is 0 Å². The van der Waals surface area contributed by atoms with Crippen molar-refractivity contribution >= 4 is 51.9 Å².